The van der Waals surface area contributed by atoms with Crippen LogP contribution in [-0.4, -0.2) is 29.2 Å². The fourth-order valence-electron chi connectivity index (χ4n) is 2.80. The molecule has 0 aliphatic heterocycles. The second-order valence-corrected chi connectivity index (χ2v) is 5.81. The Kier molecular flexibility index (Phi) is 4.78. The van der Waals surface area contributed by atoms with Crippen LogP contribution in [0.3, 0.4) is 0 Å². The molecule has 1 saturated carbocycles. The highest BCUT2D eigenvalue weighted by atomic mass is 16.3. The Hall–Kier alpha value is -1.12. The lowest BCUT2D eigenvalue weighted by Gasteiger charge is -2.24. The summed E-state index contributed by atoms with van der Waals surface area (Å²) in [4.78, 5) is 2.27. The summed E-state index contributed by atoms with van der Waals surface area (Å²) < 4.78 is 0. The second-order valence-electron chi connectivity index (χ2n) is 5.81. The molecule has 0 bridgehead atoms. The molecule has 19 heavy (non-hydrogen) atoms. The van der Waals surface area contributed by atoms with E-state index in [1.165, 1.54) is 5.56 Å². The predicted molar refractivity (Wildman–Crippen MR) is 80.0 cm³/mol. The summed E-state index contributed by atoms with van der Waals surface area (Å²) in [6, 6.07) is 10.5. The average Bonchev–Trinajstić information content (AvgIpc) is 2.85. The van der Waals surface area contributed by atoms with E-state index in [-0.39, 0.29) is 0 Å². The van der Waals surface area contributed by atoms with Gasteiger partial charge in [-0.3, -0.25) is 4.90 Å². The van der Waals surface area contributed by atoms with Gasteiger partial charge in [0.25, 0.3) is 0 Å². The number of nitrogens with zero attached hydrogens (tertiary/aromatic N) is 1. The summed E-state index contributed by atoms with van der Waals surface area (Å²) in [6.07, 6.45) is 6.35. The van der Waals surface area contributed by atoms with Gasteiger partial charge in [0, 0.05) is 13.1 Å². The first-order chi connectivity index (χ1) is 9.10. The number of benzene rings is 1. The maximum absolute atomic E-state index is 10.5. The third-order valence-corrected chi connectivity index (χ3v) is 4.17. The lowest BCUT2D eigenvalue weighted by atomic mass is 9.93. The Balaban J connectivity index is 1.87. The Morgan fingerprint density at radius 1 is 1.26 bits per heavy atom. The third-order valence-electron chi connectivity index (χ3n) is 4.17. The quantitative estimate of drug-likeness (QED) is 0.820. The van der Waals surface area contributed by atoms with E-state index in [1.807, 2.05) is 6.07 Å². The molecular weight excluding hydrogens is 234 g/mol. The van der Waals surface area contributed by atoms with E-state index in [4.69, 9.17) is 0 Å². The van der Waals surface area contributed by atoms with Crippen LogP contribution >= 0.6 is 0 Å². The van der Waals surface area contributed by atoms with E-state index in [1.54, 1.807) is 0 Å². The van der Waals surface area contributed by atoms with E-state index >= 15 is 0 Å². The largest absolute Gasteiger partial charge is 0.386 e. The zero-order valence-corrected chi connectivity index (χ0v) is 12.1. The molecule has 2 nitrogen and oxygen atoms in total. The second kappa shape index (κ2) is 6.36. The number of hydrogen-bond donors (Lipinski definition) is 1. The standard InChI is InChI=1S/C17H25NO/c1-15(17(19)11-6-7-12-17)10-13-18(2)14-16-8-4-3-5-9-16/h3-5,8-10,19H,6-7,11-14H2,1-2H3/b15-10+. The maximum atomic E-state index is 10.5. The third kappa shape index (κ3) is 3.92. The Labute approximate surface area is 116 Å². The first-order valence-electron chi connectivity index (χ1n) is 7.22. The molecule has 0 unspecified atom stereocenters. The molecule has 0 atom stereocenters. The molecule has 2 heteroatoms. The fraction of sp³-hybridized carbons (Fsp3) is 0.529. The summed E-state index contributed by atoms with van der Waals surface area (Å²) in [5, 5.41) is 10.5. The summed E-state index contributed by atoms with van der Waals surface area (Å²) >= 11 is 0. The minimum Gasteiger partial charge on any atom is -0.386 e. The van der Waals surface area contributed by atoms with Crippen molar-refractivity contribution >= 4 is 0 Å². The average molecular weight is 259 g/mol. The monoisotopic (exact) mass is 259 g/mol. The normalized spacial score (nSPS) is 19.1. The zero-order valence-electron chi connectivity index (χ0n) is 12.1. The first kappa shape index (κ1) is 14.3. The van der Waals surface area contributed by atoms with Gasteiger partial charge < -0.3 is 5.11 Å². The van der Waals surface area contributed by atoms with Gasteiger partial charge in [-0.1, -0.05) is 49.2 Å². The Morgan fingerprint density at radius 2 is 1.89 bits per heavy atom. The first-order valence-corrected chi connectivity index (χ1v) is 7.22. The minimum absolute atomic E-state index is 0.520. The van der Waals surface area contributed by atoms with Crippen LogP contribution in [0.2, 0.25) is 0 Å². The molecule has 0 radical (unpaired) electrons. The van der Waals surface area contributed by atoms with Gasteiger partial charge in [-0.25, -0.2) is 0 Å². The van der Waals surface area contributed by atoms with E-state index in [0.29, 0.717) is 0 Å². The SMILES string of the molecule is C/C(=C\CN(C)Cc1ccccc1)C1(O)CCCC1. The lowest BCUT2D eigenvalue weighted by molar-refractivity contribution is 0.0857. The molecule has 1 fully saturated rings. The zero-order chi connectivity index (χ0) is 13.7. The van der Waals surface area contributed by atoms with Crippen LogP contribution in [0.25, 0.3) is 0 Å². The highest BCUT2D eigenvalue weighted by molar-refractivity contribution is 5.17. The van der Waals surface area contributed by atoms with Gasteiger partial charge in [-0.2, -0.15) is 0 Å². The van der Waals surface area contributed by atoms with Crippen LogP contribution in [0.15, 0.2) is 42.0 Å². The van der Waals surface area contributed by atoms with Crippen LogP contribution in [0.5, 0.6) is 0 Å². The van der Waals surface area contributed by atoms with Crippen LogP contribution in [-0.2, 0) is 6.54 Å². The van der Waals surface area contributed by atoms with Crippen molar-refractivity contribution in [3.05, 3.63) is 47.5 Å². The van der Waals surface area contributed by atoms with E-state index in [0.717, 1.165) is 44.3 Å². The van der Waals surface area contributed by atoms with Crippen molar-refractivity contribution < 1.29 is 5.11 Å². The van der Waals surface area contributed by atoms with Crippen molar-refractivity contribution in [1.82, 2.24) is 4.90 Å². The minimum atomic E-state index is -0.520. The predicted octanol–water partition coefficient (Wildman–Crippen LogP) is 3.37. The van der Waals surface area contributed by atoms with Gasteiger partial charge >= 0.3 is 0 Å². The molecule has 0 saturated heterocycles. The highest BCUT2D eigenvalue weighted by Gasteiger charge is 2.32. The van der Waals surface area contributed by atoms with E-state index in [9.17, 15) is 5.11 Å². The van der Waals surface area contributed by atoms with Crippen molar-refractivity contribution in [1.29, 1.82) is 0 Å². The van der Waals surface area contributed by atoms with Gasteiger partial charge in [-0.05, 0) is 37.9 Å². The summed E-state index contributed by atoms with van der Waals surface area (Å²) in [6.45, 7) is 3.91. The highest BCUT2D eigenvalue weighted by Crippen LogP contribution is 2.35. The molecule has 0 heterocycles. The number of hydrogen-bond acceptors (Lipinski definition) is 2. The molecule has 0 aromatic heterocycles. The van der Waals surface area contributed by atoms with Crippen LogP contribution in [0.4, 0.5) is 0 Å². The van der Waals surface area contributed by atoms with Crippen molar-refractivity contribution in [3.8, 4) is 0 Å². The molecule has 104 valence electrons. The van der Waals surface area contributed by atoms with E-state index < -0.39 is 5.60 Å². The van der Waals surface area contributed by atoms with Crippen molar-refractivity contribution in [2.75, 3.05) is 13.6 Å². The summed E-state index contributed by atoms with van der Waals surface area (Å²) in [7, 11) is 2.12. The fourth-order valence-corrected chi connectivity index (χ4v) is 2.80. The lowest BCUT2D eigenvalue weighted by Crippen LogP contribution is -2.27. The summed E-state index contributed by atoms with van der Waals surface area (Å²) in [5.41, 5.74) is 1.95. The van der Waals surface area contributed by atoms with E-state index in [2.05, 4.69) is 49.2 Å². The molecule has 1 N–H and O–H groups in total. The molecule has 1 aromatic carbocycles. The molecule has 2 rings (SSSR count). The maximum Gasteiger partial charge on any atom is 0.0854 e. The molecule has 1 aliphatic carbocycles. The molecule has 0 amide bonds. The molecular formula is C17H25NO. The van der Waals surface area contributed by atoms with Crippen LogP contribution in [0.1, 0.15) is 38.2 Å². The smallest absolute Gasteiger partial charge is 0.0854 e. The number of likely N-dealkylation sites (N-methyl/N-ethyl adjacent to an activating group) is 1. The molecule has 0 spiro atoms. The topological polar surface area (TPSA) is 23.5 Å². The summed E-state index contributed by atoms with van der Waals surface area (Å²) in [5.74, 6) is 0. The van der Waals surface area contributed by atoms with Crippen molar-refractivity contribution in [3.63, 3.8) is 0 Å². The number of rotatable bonds is 5. The number of aliphatic hydroxyl groups is 1. The van der Waals surface area contributed by atoms with Gasteiger partial charge in [0.15, 0.2) is 0 Å². The molecule has 1 aliphatic rings. The van der Waals surface area contributed by atoms with Gasteiger partial charge in [-0.15, -0.1) is 0 Å². The van der Waals surface area contributed by atoms with Crippen molar-refractivity contribution in [2.45, 2.75) is 44.8 Å². The van der Waals surface area contributed by atoms with Crippen LogP contribution < -0.4 is 0 Å². The molecule has 1 aromatic rings. The van der Waals surface area contributed by atoms with Gasteiger partial charge in [0.2, 0.25) is 0 Å². The van der Waals surface area contributed by atoms with Crippen LogP contribution in [0, 0.1) is 0 Å². The Bertz CT molecular complexity index is 418. The van der Waals surface area contributed by atoms with Crippen molar-refractivity contribution in [2.24, 2.45) is 0 Å². The Morgan fingerprint density at radius 3 is 2.53 bits per heavy atom. The van der Waals surface area contributed by atoms with Gasteiger partial charge in [0.1, 0.15) is 0 Å². The van der Waals surface area contributed by atoms with Gasteiger partial charge in [0.05, 0.1) is 5.60 Å².